The minimum absolute atomic E-state index is 0.00894. The van der Waals surface area contributed by atoms with Crippen molar-refractivity contribution in [2.24, 2.45) is 0 Å². The predicted molar refractivity (Wildman–Crippen MR) is 61.5 cm³/mol. The van der Waals surface area contributed by atoms with Crippen LogP contribution in [0.1, 0.15) is 5.56 Å². The highest BCUT2D eigenvalue weighted by atomic mass is 35.5. The van der Waals surface area contributed by atoms with Crippen molar-refractivity contribution in [1.82, 2.24) is 9.97 Å². The molecule has 6 heteroatoms. The molecular formula is C11H8ClF2N3. The van der Waals surface area contributed by atoms with Crippen molar-refractivity contribution in [3.8, 4) is 11.3 Å². The van der Waals surface area contributed by atoms with E-state index in [2.05, 4.69) is 9.97 Å². The standard InChI is InChI=1S/C11H8ClF2N3/c1-5-2-8(14)6(3-7(5)13)10-9(12)11(15)17-4-16-10/h2-4H,1H3,(H2,15,16,17). The fourth-order valence-electron chi connectivity index (χ4n) is 1.40. The van der Waals surface area contributed by atoms with E-state index in [1.54, 1.807) is 0 Å². The molecule has 0 amide bonds. The van der Waals surface area contributed by atoms with Crippen LogP contribution in [-0.4, -0.2) is 9.97 Å². The Morgan fingerprint density at radius 3 is 2.59 bits per heavy atom. The van der Waals surface area contributed by atoms with Crippen LogP contribution < -0.4 is 5.73 Å². The summed E-state index contributed by atoms with van der Waals surface area (Å²) in [4.78, 5) is 7.46. The average molecular weight is 256 g/mol. The Bertz CT molecular complexity index is 587. The zero-order chi connectivity index (χ0) is 12.6. The molecule has 88 valence electrons. The van der Waals surface area contributed by atoms with E-state index in [0.29, 0.717) is 0 Å². The van der Waals surface area contributed by atoms with E-state index in [1.165, 1.54) is 6.92 Å². The molecule has 0 aliphatic rings. The van der Waals surface area contributed by atoms with Crippen LogP contribution in [0.3, 0.4) is 0 Å². The molecule has 0 atom stereocenters. The molecule has 0 unspecified atom stereocenters. The number of rotatable bonds is 1. The molecule has 3 nitrogen and oxygen atoms in total. The summed E-state index contributed by atoms with van der Waals surface area (Å²) >= 11 is 5.85. The molecule has 1 aromatic carbocycles. The van der Waals surface area contributed by atoms with Gasteiger partial charge in [0.2, 0.25) is 0 Å². The minimum Gasteiger partial charge on any atom is -0.382 e. The Labute approximate surface area is 101 Å². The van der Waals surface area contributed by atoms with Crippen LogP contribution in [0.5, 0.6) is 0 Å². The number of hydrogen-bond acceptors (Lipinski definition) is 3. The van der Waals surface area contributed by atoms with Gasteiger partial charge in [0.1, 0.15) is 28.8 Å². The Hall–Kier alpha value is -1.75. The summed E-state index contributed by atoms with van der Waals surface area (Å²) in [6.07, 6.45) is 1.15. The fraction of sp³-hybridized carbons (Fsp3) is 0.0909. The highest BCUT2D eigenvalue weighted by Gasteiger charge is 2.15. The Kier molecular flexibility index (Phi) is 2.93. The van der Waals surface area contributed by atoms with Gasteiger partial charge in [0.15, 0.2) is 0 Å². The lowest BCUT2D eigenvalue weighted by molar-refractivity contribution is 0.594. The Morgan fingerprint density at radius 1 is 1.18 bits per heavy atom. The van der Waals surface area contributed by atoms with Gasteiger partial charge in [-0.15, -0.1) is 0 Å². The molecule has 0 saturated heterocycles. The average Bonchev–Trinajstić information content (AvgIpc) is 2.28. The number of benzene rings is 1. The summed E-state index contributed by atoms with van der Waals surface area (Å²) in [6, 6.07) is 2.12. The molecule has 0 radical (unpaired) electrons. The lowest BCUT2D eigenvalue weighted by Crippen LogP contribution is -1.98. The SMILES string of the molecule is Cc1cc(F)c(-c2ncnc(N)c2Cl)cc1F. The first-order chi connectivity index (χ1) is 8.00. The molecule has 0 saturated carbocycles. The van der Waals surface area contributed by atoms with Crippen molar-refractivity contribution in [1.29, 1.82) is 0 Å². The van der Waals surface area contributed by atoms with Gasteiger partial charge < -0.3 is 5.73 Å². The summed E-state index contributed by atoms with van der Waals surface area (Å²) in [5.74, 6) is -1.12. The summed E-state index contributed by atoms with van der Waals surface area (Å²) in [5.41, 5.74) is 5.73. The van der Waals surface area contributed by atoms with Crippen LogP contribution in [-0.2, 0) is 0 Å². The molecule has 2 aromatic rings. The topological polar surface area (TPSA) is 51.8 Å². The quantitative estimate of drug-likeness (QED) is 0.852. The molecule has 0 spiro atoms. The number of halogens is 3. The van der Waals surface area contributed by atoms with Crippen LogP contribution >= 0.6 is 11.6 Å². The van der Waals surface area contributed by atoms with E-state index in [0.717, 1.165) is 18.5 Å². The number of nitrogens with two attached hydrogens (primary N) is 1. The van der Waals surface area contributed by atoms with Crippen LogP contribution in [0.25, 0.3) is 11.3 Å². The zero-order valence-corrected chi connectivity index (χ0v) is 9.59. The van der Waals surface area contributed by atoms with Gasteiger partial charge in [-0.1, -0.05) is 11.6 Å². The largest absolute Gasteiger partial charge is 0.382 e. The van der Waals surface area contributed by atoms with Crippen molar-refractivity contribution < 1.29 is 8.78 Å². The van der Waals surface area contributed by atoms with Gasteiger partial charge >= 0.3 is 0 Å². The second kappa shape index (κ2) is 4.25. The van der Waals surface area contributed by atoms with E-state index >= 15 is 0 Å². The third-order valence-electron chi connectivity index (χ3n) is 2.32. The van der Waals surface area contributed by atoms with Gasteiger partial charge in [0.25, 0.3) is 0 Å². The van der Waals surface area contributed by atoms with Crippen molar-refractivity contribution in [2.75, 3.05) is 5.73 Å². The number of nitrogens with zero attached hydrogens (tertiary/aromatic N) is 2. The van der Waals surface area contributed by atoms with E-state index in [1.807, 2.05) is 0 Å². The molecule has 0 aliphatic carbocycles. The Balaban J connectivity index is 2.69. The maximum absolute atomic E-state index is 13.7. The normalized spacial score (nSPS) is 10.6. The van der Waals surface area contributed by atoms with Gasteiger partial charge in [0, 0.05) is 5.56 Å². The smallest absolute Gasteiger partial charge is 0.146 e. The van der Waals surface area contributed by atoms with Crippen molar-refractivity contribution in [3.63, 3.8) is 0 Å². The van der Waals surface area contributed by atoms with E-state index in [-0.39, 0.29) is 27.7 Å². The van der Waals surface area contributed by atoms with Crippen LogP contribution in [0, 0.1) is 18.6 Å². The Morgan fingerprint density at radius 2 is 1.88 bits per heavy atom. The molecule has 1 aromatic heterocycles. The van der Waals surface area contributed by atoms with E-state index in [9.17, 15) is 8.78 Å². The first-order valence-corrected chi connectivity index (χ1v) is 5.10. The van der Waals surface area contributed by atoms with E-state index < -0.39 is 11.6 Å². The summed E-state index contributed by atoms with van der Waals surface area (Å²) < 4.78 is 27.1. The molecular weight excluding hydrogens is 248 g/mol. The third kappa shape index (κ3) is 2.06. The monoisotopic (exact) mass is 255 g/mol. The highest BCUT2D eigenvalue weighted by molar-refractivity contribution is 6.35. The number of anilines is 1. The van der Waals surface area contributed by atoms with E-state index in [4.69, 9.17) is 17.3 Å². The maximum Gasteiger partial charge on any atom is 0.146 e. The molecule has 2 rings (SSSR count). The van der Waals surface area contributed by atoms with Gasteiger partial charge in [-0.25, -0.2) is 18.7 Å². The maximum atomic E-state index is 13.7. The first-order valence-electron chi connectivity index (χ1n) is 4.72. The van der Waals surface area contributed by atoms with Crippen LogP contribution in [0.4, 0.5) is 14.6 Å². The zero-order valence-electron chi connectivity index (χ0n) is 8.84. The second-order valence-electron chi connectivity index (χ2n) is 3.50. The first kappa shape index (κ1) is 11.7. The summed E-state index contributed by atoms with van der Waals surface area (Å²) in [5, 5.41) is 0.00894. The molecule has 1 heterocycles. The number of aryl methyl sites for hydroxylation is 1. The lowest BCUT2D eigenvalue weighted by atomic mass is 10.1. The van der Waals surface area contributed by atoms with Gasteiger partial charge in [0.05, 0.1) is 5.69 Å². The third-order valence-corrected chi connectivity index (χ3v) is 2.69. The fourth-order valence-corrected chi connectivity index (χ4v) is 1.60. The number of hydrogen-bond donors (Lipinski definition) is 1. The van der Waals surface area contributed by atoms with Gasteiger partial charge in [-0.3, -0.25) is 0 Å². The molecule has 0 fully saturated rings. The molecule has 0 aliphatic heterocycles. The van der Waals surface area contributed by atoms with Crippen molar-refractivity contribution >= 4 is 17.4 Å². The highest BCUT2D eigenvalue weighted by Crippen LogP contribution is 2.31. The molecule has 0 bridgehead atoms. The summed E-state index contributed by atoms with van der Waals surface area (Å²) in [7, 11) is 0. The van der Waals surface area contributed by atoms with Gasteiger partial charge in [-0.2, -0.15) is 0 Å². The van der Waals surface area contributed by atoms with Crippen molar-refractivity contribution in [2.45, 2.75) is 6.92 Å². The number of nitrogen functional groups attached to an aromatic ring is 1. The predicted octanol–water partition coefficient (Wildman–Crippen LogP) is 2.97. The van der Waals surface area contributed by atoms with Crippen LogP contribution in [0.2, 0.25) is 5.02 Å². The lowest BCUT2D eigenvalue weighted by Gasteiger charge is -2.07. The summed E-state index contributed by atoms with van der Waals surface area (Å²) in [6.45, 7) is 1.47. The van der Waals surface area contributed by atoms with Gasteiger partial charge in [-0.05, 0) is 24.6 Å². The van der Waals surface area contributed by atoms with Crippen LogP contribution in [0.15, 0.2) is 18.5 Å². The molecule has 17 heavy (non-hydrogen) atoms. The molecule has 2 N–H and O–H groups in total. The van der Waals surface area contributed by atoms with Crippen molar-refractivity contribution in [3.05, 3.63) is 40.7 Å². The minimum atomic E-state index is -0.608. The number of aromatic nitrogens is 2. The second-order valence-corrected chi connectivity index (χ2v) is 3.88.